The lowest BCUT2D eigenvalue weighted by Gasteiger charge is -2.20. The molecule has 1 atom stereocenters. The van der Waals surface area contributed by atoms with E-state index in [1.54, 1.807) is 11.3 Å². The normalized spacial score (nSPS) is 12.5. The highest BCUT2D eigenvalue weighted by molar-refractivity contribution is 7.09. The largest absolute Gasteiger partial charge is 0.338 e. The van der Waals surface area contributed by atoms with Crippen molar-refractivity contribution in [2.75, 3.05) is 6.54 Å². The number of rotatable bonds is 6. The minimum Gasteiger partial charge on any atom is -0.338 e. The SMILES string of the molecule is CC[C@H](NC(=O)NCCc1cccs1)C(C)C. The number of carbonyl (C=O) groups is 1. The number of nitrogens with one attached hydrogen (secondary N) is 2. The zero-order chi connectivity index (χ0) is 12.7. The molecule has 1 rings (SSSR count). The summed E-state index contributed by atoms with van der Waals surface area (Å²) in [5.74, 6) is 0.475. The Morgan fingerprint density at radius 2 is 2.24 bits per heavy atom. The molecule has 0 aliphatic rings. The maximum Gasteiger partial charge on any atom is 0.315 e. The topological polar surface area (TPSA) is 41.1 Å². The van der Waals surface area contributed by atoms with E-state index in [2.05, 4.69) is 42.9 Å². The molecular weight excluding hydrogens is 232 g/mol. The van der Waals surface area contributed by atoms with Gasteiger partial charge in [0, 0.05) is 17.5 Å². The van der Waals surface area contributed by atoms with Crippen LogP contribution in [0, 0.1) is 5.92 Å². The number of thiophene rings is 1. The maximum absolute atomic E-state index is 11.6. The van der Waals surface area contributed by atoms with E-state index in [4.69, 9.17) is 0 Å². The Morgan fingerprint density at radius 1 is 1.47 bits per heavy atom. The standard InChI is InChI=1S/C13H22N2OS/c1-4-12(10(2)3)15-13(16)14-8-7-11-6-5-9-17-11/h5-6,9-10,12H,4,7-8H2,1-3H3,(H2,14,15,16)/t12-/m0/s1. The van der Waals surface area contributed by atoms with Crippen LogP contribution in [0.2, 0.25) is 0 Å². The van der Waals surface area contributed by atoms with Gasteiger partial charge in [0.15, 0.2) is 0 Å². The van der Waals surface area contributed by atoms with Gasteiger partial charge in [0.1, 0.15) is 0 Å². The van der Waals surface area contributed by atoms with Crippen molar-refractivity contribution in [2.45, 2.75) is 39.7 Å². The van der Waals surface area contributed by atoms with Crippen molar-refractivity contribution in [2.24, 2.45) is 5.92 Å². The fourth-order valence-corrected chi connectivity index (χ4v) is 2.42. The van der Waals surface area contributed by atoms with Gasteiger partial charge in [-0.25, -0.2) is 4.79 Å². The zero-order valence-electron chi connectivity index (χ0n) is 10.8. The second-order valence-electron chi connectivity index (χ2n) is 4.49. The molecular formula is C13H22N2OS. The molecule has 1 aromatic heterocycles. The molecule has 2 amide bonds. The predicted molar refractivity (Wildman–Crippen MR) is 73.5 cm³/mol. The van der Waals surface area contributed by atoms with E-state index < -0.39 is 0 Å². The van der Waals surface area contributed by atoms with Crippen LogP contribution in [0.4, 0.5) is 4.79 Å². The van der Waals surface area contributed by atoms with Gasteiger partial charge in [-0.15, -0.1) is 11.3 Å². The number of hydrogen-bond acceptors (Lipinski definition) is 2. The van der Waals surface area contributed by atoms with E-state index >= 15 is 0 Å². The van der Waals surface area contributed by atoms with Gasteiger partial charge in [-0.1, -0.05) is 26.8 Å². The summed E-state index contributed by atoms with van der Waals surface area (Å²) in [6.45, 7) is 7.04. The minimum absolute atomic E-state index is 0.0536. The highest BCUT2D eigenvalue weighted by Crippen LogP contribution is 2.08. The summed E-state index contributed by atoms with van der Waals surface area (Å²) in [6, 6.07) is 4.33. The third kappa shape index (κ3) is 5.22. The third-order valence-electron chi connectivity index (χ3n) is 2.80. The molecule has 0 fully saturated rings. The van der Waals surface area contributed by atoms with E-state index in [0.29, 0.717) is 12.5 Å². The molecule has 1 heterocycles. The fraction of sp³-hybridized carbons (Fsp3) is 0.615. The van der Waals surface area contributed by atoms with Crippen molar-refractivity contribution in [3.05, 3.63) is 22.4 Å². The number of carbonyl (C=O) groups excluding carboxylic acids is 1. The molecule has 0 bridgehead atoms. The Hall–Kier alpha value is -1.03. The van der Waals surface area contributed by atoms with Crippen LogP contribution in [-0.2, 0) is 6.42 Å². The molecule has 0 aliphatic heterocycles. The van der Waals surface area contributed by atoms with Gasteiger partial charge in [0.25, 0.3) is 0 Å². The molecule has 0 radical (unpaired) electrons. The van der Waals surface area contributed by atoms with Crippen molar-refractivity contribution < 1.29 is 4.79 Å². The average Bonchev–Trinajstić information content (AvgIpc) is 2.78. The van der Waals surface area contributed by atoms with Gasteiger partial charge in [0.05, 0.1) is 0 Å². The van der Waals surface area contributed by atoms with Crippen LogP contribution >= 0.6 is 11.3 Å². The summed E-state index contributed by atoms with van der Waals surface area (Å²) in [7, 11) is 0. The number of urea groups is 1. The number of amides is 2. The molecule has 17 heavy (non-hydrogen) atoms. The highest BCUT2D eigenvalue weighted by Gasteiger charge is 2.13. The van der Waals surface area contributed by atoms with E-state index in [0.717, 1.165) is 12.8 Å². The molecule has 0 unspecified atom stereocenters. The van der Waals surface area contributed by atoms with Crippen LogP contribution in [0.1, 0.15) is 32.1 Å². The fourth-order valence-electron chi connectivity index (χ4n) is 1.71. The van der Waals surface area contributed by atoms with Gasteiger partial charge in [-0.05, 0) is 30.2 Å². The van der Waals surface area contributed by atoms with Crippen LogP contribution in [0.25, 0.3) is 0 Å². The monoisotopic (exact) mass is 254 g/mol. The molecule has 4 heteroatoms. The van der Waals surface area contributed by atoms with Crippen LogP contribution < -0.4 is 10.6 Å². The first-order chi connectivity index (χ1) is 8.13. The Kier molecular flexibility index (Phi) is 6.05. The van der Waals surface area contributed by atoms with Crippen molar-refractivity contribution in [3.63, 3.8) is 0 Å². The Morgan fingerprint density at radius 3 is 2.76 bits per heavy atom. The number of hydrogen-bond donors (Lipinski definition) is 2. The van der Waals surface area contributed by atoms with Gasteiger partial charge in [-0.2, -0.15) is 0 Å². The molecule has 0 saturated carbocycles. The summed E-state index contributed by atoms with van der Waals surface area (Å²) in [6.07, 6.45) is 1.87. The summed E-state index contributed by atoms with van der Waals surface area (Å²) in [4.78, 5) is 12.9. The lowest BCUT2D eigenvalue weighted by atomic mass is 10.0. The second kappa shape index (κ2) is 7.33. The average molecular weight is 254 g/mol. The summed E-state index contributed by atoms with van der Waals surface area (Å²) < 4.78 is 0. The Balaban J connectivity index is 2.20. The Bertz CT molecular complexity index is 322. The molecule has 1 aromatic rings. The maximum atomic E-state index is 11.6. The highest BCUT2D eigenvalue weighted by atomic mass is 32.1. The molecule has 3 nitrogen and oxygen atoms in total. The smallest absolute Gasteiger partial charge is 0.315 e. The molecule has 0 aliphatic carbocycles. The molecule has 0 saturated heterocycles. The lowest BCUT2D eigenvalue weighted by Crippen LogP contribution is -2.44. The van der Waals surface area contributed by atoms with Crippen molar-refractivity contribution in [1.82, 2.24) is 10.6 Å². The first kappa shape index (κ1) is 14.0. The second-order valence-corrected chi connectivity index (χ2v) is 5.52. The van der Waals surface area contributed by atoms with Crippen LogP contribution in [0.5, 0.6) is 0 Å². The molecule has 0 spiro atoms. The van der Waals surface area contributed by atoms with Crippen LogP contribution in [-0.4, -0.2) is 18.6 Å². The van der Waals surface area contributed by atoms with E-state index in [1.807, 2.05) is 6.07 Å². The van der Waals surface area contributed by atoms with Crippen LogP contribution in [0.3, 0.4) is 0 Å². The van der Waals surface area contributed by atoms with Crippen molar-refractivity contribution >= 4 is 17.4 Å². The first-order valence-electron chi connectivity index (χ1n) is 6.20. The first-order valence-corrected chi connectivity index (χ1v) is 7.08. The molecule has 96 valence electrons. The predicted octanol–water partition coefficient (Wildman–Crippen LogP) is 3.02. The summed E-state index contributed by atoms with van der Waals surface area (Å²) in [5, 5.41) is 7.95. The lowest BCUT2D eigenvalue weighted by molar-refractivity contribution is 0.232. The quantitative estimate of drug-likeness (QED) is 0.805. The van der Waals surface area contributed by atoms with Crippen LogP contribution in [0.15, 0.2) is 17.5 Å². The minimum atomic E-state index is -0.0536. The van der Waals surface area contributed by atoms with Crippen molar-refractivity contribution in [1.29, 1.82) is 0 Å². The van der Waals surface area contributed by atoms with E-state index in [1.165, 1.54) is 4.88 Å². The summed E-state index contributed by atoms with van der Waals surface area (Å²) >= 11 is 1.73. The van der Waals surface area contributed by atoms with Crippen molar-refractivity contribution in [3.8, 4) is 0 Å². The third-order valence-corrected chi connectivity index (χ3v) is 3.73. The van der Waals surface area contributed by atoms with E-state index in [9.17, 15) is 4.79 Å². The Labute approximate surface area is 108 Å². The van der Waals surface area contributed by atoms with Gasteiger partial charge in [-0.3, -0.25) is 0 Å². The zero-order valence-corrected chi connectivity index (χ0v) is 11.6. The summed E-state index contributed by atoms with van der Waals surface area (Å²) in [5.41, 5.74) is 0. The molecule has 0 aromatic carbocycles. The van der Waals surface area contributed by atoms with Gasteiger partial charge >= 0.3 is 6.03 Å². The van der Waals surface area contributed by atoms with Gasteiger partial charge < -0.3 is 10.6 Å². The molecule has 2 N–H and O–H groups in total. The van der Waals surface area contributed by atoms with Gasteiger partial charge in [0.2, 0.25) is 0 Å². The van der Waals surface area contributed by atoms with E-state index in [-0.39, 0.29) is 12.1 Å².